The summed E-state index contributed by atoms with van der Waals surface area (Å²) in [5.74, 6) is 0. The fourth-order valence-electron chi connectivity index (χ4n) is 1.15. The number of nitrogens with zero attached hydrogens (tertiary/aromatic N) is 3. The summed E-state index contributed by atoms with van der Waals surface area (Å²) in [6, 6.07) is 1.97. The first-order valence-corrected chi connectivity index (χ1v) is 4.04. The lowest BCUT2D eigenvalue weighted by atomic mass is 10.3. The fraction of sp³-hybridized carbons (Fsp3) is 0. The molecule has 2 rings (SSSR count). The summed E-state index contributed by atoms with van der Waals surface area (Å²) in [7, 11) is 2.57. The Morgan fingerprint density at radius 1 is 1.50 bits per heavy atom. The molecular weight excluding hydrogens is 169 g/mol. The molecule has 4 heteroatoms. The highest BCUT2D eigenvalue weighted by Crippen LogP contribution is 2.18. The minimum Gasteiger partial charge on any atom is -0.317 e. The number of fused-ring (bicyclic) bond motifs is 1. The van der Waals surface area contributed by atoms with Gasteiger partial charge in [0.15, 0.2) is 0 Å². The van der Waals surface area contributed by atoms with Gasteiger partial charge in [-0.1, -0.05) is 6.58 Å². The standard InChI is InChI=1S/C8H8N3P/c1-2-7-6-3-4-11(12)8(6)10-5-9-7/h2-5H,1,12H2. The van der Waals surface area contributed by atoms with Gasteiger partial charge < -0.3 is 4.34 Å². The van der Waals surface area contributed by atoms with Crippen molar-refractivity contribution < 1.29 is 0 Å². The van der Waals surface area contributed by atoms with Crippen molar-refractivity contribution in [2.24, 2.45) is 0 Å². The Morgan fingerprint density at radius 2 is 2.33 bits per heavy atom. The van der Waals surface area contributed by atoms with Gasteiger partial charge in [-0.2, -0.15) is 0 Å². The largest absolute Gasteiger partial charge is 0.317 e. The van der Waals surface area contributed by atoms with Crippen molar-refractivity contribution >= 4 is 26.5 Å². The van der Waals surface area contributed by atoms with Gasteiger partial charge in [-0.25, -0.2) is 9.97 Å². The average Bonchev–Trinajstić information content (AvgIpc) is 2.48. The van der Waals surface area contributed by atoms with Crippen LogP contribution in [0.15, 0.2) is 25.2 Å². The summed E-state index contributed by atoms with van der Waals surface area (Å²) in [4.78, 5) is 8.22. The normalized spacial score (nSPS) is 10.4. The Bertz CT molecular complexity index is 433. The van der Waals surface area contributed by atoms with Gasteiger partial charge in [0.05, 0.1) is 5.69 Å². The molecule has 0 amide bonds. The summed E-state index contributed by atoms with van der Waals surface area (Å²) in [5, 5.41) is 1.03. The average molecular weight is 177 g/mol. The van der Waals surface area contributed by atoms with Gasteiger partial charge in [-0.15, -0.1) is 0 Å². The third kappa shape index (κ3) is 0.942. The third-order valence-electron chi connectivity index (χ3n) is 1.73. The molecule has 2 aromatic rings. The topological polar surface area (TPSA) is 30.7 Å². The van der Waals surface area contributed by atoms with Crippen molar-refractivity contribution in [3.8, 4) is 0 Å². The summed E-state index contributed by atoms with van der Waals surface area (Å²) in [5.41, 5.74) is 1.78. The molecule has 0 bridgehead atoms. The second-order valence-corrected chi connectivity index (χ2v) is 2.98. The molecule has 0 radical (unpaired) electrons. The molecule has 0 aliphatic carbocycles. The molecule has 60 valence electrons. The third-order valence-corrected chi connectivity index (χ3v) is 2.15. The zero-order valence-electron chi connectivity index (χ0n) is 6.44. The van der Waals surface area contributed by atoms with Crippen LogP contribution < -0.4 is 0 Å². The van der Waals surface area contributed by atoms with Gasteiger partial charge in [0, 0.05) is 11.6 Å². The van der Waals surface area contributed by atoms with Crippen LogP contribution in [-0.2, 0) is 0 Å². The number of rotatable bonds is 1. The monoisotopic (exact) mass is 177 g/mol. The van der Waals surface area contributed by atoms with Crippen molar-refractivity contribution in [3.63, 3.8) is 0 Å². The molecule has 12 heavy (non-hydrogen) atoms. The van der Waals surface area contributed by atoms with E-state index in [1.165, 1.54) is 0 Å². The molecule has 0 fully saturated rings. The smallest absolute Gasteiger partial charge is 0.146 e. The lowest BCUT2D eigenvalue weighted by Crippen LogP contribution is -1.86. The predicted molar refractivity (Wildman–Crippen MR) is 52.7 cm³/mol. The Labute approximate surface area is 72.4 Å². The summed E-state index contributed by atoms with van der Waals surface area (Å²) < 4.78 is 1.88. The van der Waals surface area contributed by atoms with E-state index >= 15 is 0 Å². The minimum atomic E-state index is 0.876. The second kappa shape index (κ2) is 2.68. The van der Waals surface area contributed by atoms with Gasteiger partial charge in [0.25, 0.3) is 0 Å². The molecule has 2 aromatic heterocycles. The lowest BCUT2D eigenvalue weighted by molar-refractivity contribution is 1.17. The van der Waals surface area contributed by atoms with E-state index in [1.54, 1.807) is 12.4 Å². The van der Waals surface area contributed by atoms with Gasteiger partial charge in [0.1, 0.15) is 12.0 Å². The number of hydrogen-bond donors (Lipinski definition) is 0. The van der Waals surface area contributed by atoms with E-state index in [-0.39, 0.29) is 0 Å². The molecule has 3 nitrogen and oxygen atoms in total. The van der Waals surface area contributed by atoms with Crippen LogP contribution in [0.2, 0.25) is 0 Å². The van der Waals surface area contributed by atoms with Crippen LogP contribution in [0.3, 0.4) is 0 Å². The van der Waals surface area contributed by atoms with Crippen LogP contribution in [0, 0.1) is 0 Å². The maximum absolute atomic E-state index is 4.13. The maximum atomic E-state index is 4.13. The highest BCUT2D eigenvalue weighted by Gasteiger charge is 2.02. The van der Waals surface area contributed by atoms with Crippen LogP contribution >= 0.6 is 9.39 Å². The van der Waals surface area contributed by atoms with Crippen LogP contribution in [-0.4, -0.2) is 14.3 Å². The Hall–Kier alpha value is -1.21. The van der Waals surface area contributed by atoms with E-state index in [0.29, 0.717) is 0 Å². The first-order chi connectivity index (χ1) is 5.83. The zero-order valence-corrected chi connectivity index (χ0v) is 7.59. The van der Waals surface area contributed by atoms with E-state index in [1.807, 2.05) is 16.6 Å². The first kappa shape index (κ1) is 7.44. The van der Waals surface area contributed by atoms with Crippen LogP contribution in [0.25, 0.3) is 17.1 Å². The minimum absolute atomic E-state index is 0.876. The van der Waals surface area contributed by atoms with Crippen molar-refractivity contribution in [1.29, 1.82) is 0 Å². The molecule has 1 unspecified atom stereocenters. The van der Waals surface area contributed by atoms with Crippen molar-refractivity contribution in [2.75, 3.05) is 0 Å². The van der Waals surface area contributed by atoms with E-state index in [9.17, 15) is 0 Å². The Morgan fingerprint density at radius 3 is 3.08 bits per heavy atom. The summed E-state index contributed by atoms with van der Waals surface area (Å²) >= 11 is 0. The van der Waals surface area contributed by atoms with Crippen LogP contribution in [0.1, 0.15) is 5.69 Å². The second-order valence-electron chi connectivity index (χ2n) is 2.42. The van der Waals surface area contributed by atoms with Gasteiger partial charge in [0.2, 0.25) is 0 Å². The van der Waals surface area contributed by atoms with Crippen LogP contribution in [0.4, 0.5) is 0 Å². The van der Waals surface area contributed by atoms with E-state index in [4.69, 9.17) is 0 Å². The summed E-state index contributed by atoms with van der Waals surface area (Å²) in [6.45, 7) is 3.68. The van der Waals surface area contributed by atoms with Crippen LogP contribution in [0.5, 0.6) is 0 Å². The van der Waals surface area contributed by atoms with E-state index in [0.717, 1.165) is 16.7 Å². The fourth-order valence-corrected chi connectivity index (χ4v) is 1.44. The van der Waals surface area contributed by atoms with E-state index in [2.05, 4.69) is 25.9 Å². The highest BCUT2D eigenvalue weighted by atomic mass is 31.0. The molecule has 1 atom stereocenters. The Balaban J connectivity index is 2.89. The molecule has 0 spiro atoms. The number of hydrogen-bond acceptors (Lipinski definition) is 2. The maximum Gasteiger partial charge on any atom is 0.146 e. The van der Waals surface area contributed by atoms with Crippen molar-refractivity contribution in [3.05, 3.63) is 30.9 Å². The molecule has 0 saturated heterocycles. The molecule has 0 aliphatic heterocycles. The molecule has 0 N–H and O–H groups in total. The highest BCUT2D eigenvalue weighted by molar-refractivity contribution is 7.14. The summed E-state index contributed by atoms with van der Waals surface area (Å²) in [6.07, 6.45) is 5.20. The quantitative estimate of drug-likeness (QED) is 0.621. The number of aromatic nitrogens is 3. The SMILES string of the molecule is C=Cc1ncnc2c1ccn2P. The predicted octanol–water partition coefficient (Wildman–Crippen LogP) is 1.71. The molecular formula is C8H8N3P. The van der Waals surface area contributed by atoms with Crippen molar-refractivity contribution in [1.82, 2.24) is 14.3 Å². The molecule has 2 heterocycles. The van der Waals surface area contributed by atoms with Gasteiger partial charge in [-0.05, 0) is 21.5 Å². The zero-order chi connectivity index (χ0) is 8.55. The van der Waals surface area contributed by atoms with Gasteiger partial charge in [-0.3, -0.25) is 0 Å². The van der Waals surface area contributed by atoms with Gasteiger partial charge >= 0.3 is 0 Å². The first-order valence-electron chi connectivity index (χ1n) is 3.52. The van der Waals surface area contributed by atoms with E-state index < -0.39 is 0 Å². The molecule has 0 aliphatic rings. The molecule has 0 aromatic carbocycles. The Kier molecular flexibility index (Phi) is 1.66. The van der Waals surface area contributed by atoms with Crippen molar-refractivity contribution in [2.45, 2.75) is 0 Å². The molecule has 0 saturated carbocycles. The lowest BCUT2D eigenvalue weighted by Gasteiger charge is -1.95.